The first kappa shape index (κ1) is 14.0. The summed E-state index contributed by atoms with van der Waals surface area (Å²) < 4.78 is 0. The van der Waals surface area contributed by atoms with Gasteiger partial charge in [0.05, 0.1) is 0 Å². The Labute approximate surface area is 103 Å². The number of hydrogen-bond acceptors (Lipinski definition) is 2. The molecule has 0 heterocycles. The third-order valence-electron chi connectivity index (χ3n) is 3.46. The molecule has 0 radical (unpaired) electrons. The maximum absolute atomic E-state index is 12.0. The van der Waals surface area contributed by atoms with E-state index in [2.05, 4.69) is 5.32 Å². The smallest absolute Gasteiger partial charge is 0.326 e. The van der Waals surface area contributed by atoms with Crippen LogP contribution in [0, 0.1) is 11.8 Å². The van der Waals surface area contributed by atoms with Crippen molar-refractivity contribution < 1.29 is 14.7 Å². The second-order valence-corrected chi connectivity index (χ2v) is 5.26. The van der Waals surface area contributed by atoms with Crippen molar-refractivity contribution in [3.05, 3.63) is 0 Å². The normalized spacial score (nSPS) is 19.7. The van der Waals surface area contributed by atoms with E-state index in [1.807, 2.05) is 13.8 Å². The van der Waals surface area contributed by atoms with Gasteiger partial charge in [0.15, 0.2) is 0 Å². The summed E-state index contributed by atoms with van der Waals surface area (Å²) in [5.41, 5.74) is 0. The fraction of sp³-hybridized carbons (Fsp3) is 0.846. The van der Waals surface area contributed by atoms with Gasteiger partial charge in [-0.3, -0.25) is 4.79 Å². The van der Waals surface area contributed by atoms with Crippen molar-refractivity contribution in [2.24, 2.45) is 11.8 Å². The molecule has 4 heteroatoms. The molecule has 0 saturated heterocycles. The van der Waals surface area contributed by atoms with E-state index < -0.39 is 12.0 Å². The molecule has 0 aromatic carbocycles. The summed E-state index contributed by atoms with van der Waals surface area (Å²) >= 11 is 0. The third kappa shape index (κ3) is 4.36. The fourth-order valence-electron chi connectivity index (χ4n) is 2.33. The van der Waals surface area contributed by atoms with E-state index >= 15 is 0 Å². The Bertz CT molecular complexity index is 268. The Hall–Kier alpha value is -1.06. The van der Waals surface area contributed by atoms with Crippen LogP contribution >= 0.6 is 0 Å². The predicted molar refractivity (Wildman–Crippen MR) is 65.6 cm³/mol. The summed E-state index contributed by atoms with van der Waals surface area (Å²) in [6.45, 7) is 3.62. The third-order valence-corrected chi connectivity index (χ3v) is 3.46. The van der Waals surface area contributed by atoms with Gasteiger partial charge in [0, 0.05) is 5.92 Å². The molecule has 1 aliphatic carbocycles. The van der Waals surface area contributed by atoms with Crippen molar-refractivity contribution >= 4 is 11.9 Å². The Morgan fingerprint density at radius 1 is 1.12 bits per heavy atom. The Morgan fingerprint density at radius 2 is 1.65 bits per heavy atom. The van der Waals surface area contributed by atoms with Crippen LogP contribution in [0.1, 0.15) is 52.4 Å². The number of aliphatic carboxylic acids is 1. The lowest BCUT2D eigenvalue weighted by molar-refractivity contribution is -0.143. The summed E-state index contributed by atoms with van der Waals surface area (Å²) in [6, 6.07) is -0.759. The molecular weight excluding hydrogens is 218 g/mol. The summed E-state index contributed by atoms with van der Waals surface area (Å²) in [4.78, 5) is 23.0. The van der Waals surface area contributed by atoms with Crippen molar-refractivity contribution in [2.45, 2.75) is 58.4 Å². The number of carbonyl (C=O) groups is 2. The summed E-state index contributed by atoms with van der Waals surface area (Å²) in [5.74, 6) is -1.09. The fourth-order valence-corrected chi connectivity index (χ4v) is 2.33. The number of carbonyl (C=O) groups excluding carboxylic acids is 1. The second-order valence-electron chi connectivity index (χ2n) is 5.26. The molecule has 98 valence electrons. The number of nitrogens with one attached hydrogen (secondary N) is 1. The molecule has 0 aromatic rings. The van der Waals surface area contributed by atoms with E-state index in [-0.39, 0.29) is 17.7 Å². The van der Waals surface area contributed by atoms with Gasteiger partial charge in [-0.2, -0.15) is 0 Å². The first-order chi connectivity index (χ1) is 8.02. The summed E-state index contributed by atoms with van der Waals surface area (Å²) in [6.07, 6.45) is 6.34. The lowest BCUT2D eigenvalue weighted by atomic mass is 9.97. The quantitative estimate of drug-likeness (QED) is 0.741. The molecule has 0 aliphatic heterocycles. The molecule has 1 fully saturated rings. The second kappa shape index (κ2) is 6.62. The molecule has 1 rings (SSSR count). The van der Waals surface area contributed by atoms with Gasteiger partial charge in [-0.05, 0) is 18.8 Å². The average molecular weight is 241 g/mol. The number of carboxylic acids is 1. The van der Waals surface area contributed by atoms with Gasteiger partial charge in [0.25, 0.3) is 0 Å². The lowest BCUT2D eigenvalue weighted by Gasteiger charge is -2.21. The Balaban J connectivity index is 2.53. The molecular formula is C13H23NO3. The van der Waals surface area contributed by atoms with Crippen LogP contribution in [-0.4, -0.2) is 23.0 Å². The van der Waals surface area contributed by atoms with Crippen LogP contribution in [-0.2, 0) is 9.59 Å². The van der Waals surface area contributed by atoms with E-state index in [0.717, 1.165) is 25.7 Å². The van der Waals surface area contributed by atoms with E-state index in [4.69, 9.17) is 5.11 Å². The predicted octanol–water partition coefficient (Wildman–Crippen LogP) is 2.18. The first-order valence-electron chi connectivity index (χ1n) is 6.55. The minimum Gasteiger partial charge on any atom is -0.480 e. The van der Waals surface area contributed by atoms with E-state index in [0.29, 0.717) is 0 Å². The highest BCUT2D eigenvalue weighted by molar-refractivity contribution is 5.85. The minimum absolute atomic E-state index is 0.0121. The van der Waals surface area contributed by atoms with Crippen LogP contribution in [0.3, 0.4) is 0 Å². The van der Waals surface area contributed by atoms with Crippen LogP contribution in [0.5, 0.6) is 0 Å². The van der Waals surface area contributed by atoms with Crippen molar-refractivity contribution in [2.75, 3.05) is 0 Å². The molecule has 1 amide bonds. The molecule has 1 saturated carbocycles. The van der Waals surface area contributed by atoms with Gasteiger partial charge >= 0.3 is 5.97 Å². The Morgan fingerprint density at radius 3 is 2.06 bits per heavy atom. The van der Waals surface area contributed by atoms with Crippen molar-refractivity contribution in [3.8, 4) is 0 Å². The van der Waals surface area contributed by atoms with Gasteiger partial charge < -0.3 is 10.4 Å². The van der Waals surface area contributed by atoms with Gasteiger partial charge in [0.2, 0.25) is 5.91 Å². The first-order valence-corrected chi connectivity index (χ1v) is 6.55. The average Bonchev–Trinajstić information content (AvgIpc) is 2.52. The van der Waals surface area contributed by atoms with Crippen molar-refractivity contribution in [3.63, 3.8) is 0 Å². The number of carboxylic acid groups (broad SMARTS) is 1. The standard InChI is InChI=1S/C13H23NO3/c1-9(2)11(13(16)17)14-12(15)10-7-5-3-4-6-8-10/h9-11H,3-8H2,1-2H3,(H,14,15)(H,16,17). The molecule has 4 nitrogen and oxygen atoms in total. The molecule has 0 bridgehead atoms. The van der Waals surface area contributed by atoms with E-state index in [1.54, 1.807) is 0 Å². The molecule has 1 atom stereocenters. The largest absolute Gasteiger partial charge is 0.480 e. The van der Waals surface area contributed by atoms with Gasteiger partial charge in [-0.25, -0.2) is 4.79 Å². The van der Waals surface area contributed by atoms with E-state index in [1.165, 1.54) is 12.8 Å². The van der Waals surface area contributed by atoms with Crippen LogP contribution in [0.2, 0.25) is 0 Å². The molecule has 1 aliphatic rings. The molecule has 17 heavy (non-hydrogen) atoms. The summed E-state index contributed by atoms with van der Waals surface area (Å²) in [5, 5.41) is 11.7. The zero-order valence-electron chi connectivity index (χ0n) is 10.7. The van der Waals surface area contributed by atoms with Crippen LogP contribution in [0.15, 0.2) is 0 Å². The zero-order chi connectivity index (χ0) is 12.8. The highest BCUT2D eigenvalue weighted by Gasteiger charge is 2.27. The topological polar surface area (TPSA) is 66.4 Å². The maximum atomic E-state index is 12.0. The number of hydrogen-bond donors (Lipinski definition) is 2. The molecule has 2 N–H and O–H groups in total. The van der Waals surface area contributed by atoms with E-state index in [9.17, 15) is 9.59 Å². The van der Waals surface area contributed by atoms with Crippen molar-refractivity contribution in [1.82, 2.24) is 5.32 Å². The summed E-state index contributed by atoms with van der Waals surface area (Å²) in [7, 11) is 0. The van der Waals surface area contributed by atoms with Crippen LogP contribution in [0.25, 0.3) is 0 Å². The SMILES string of the molecule is CC(C)C(NC(=O)C1CCCCCC1)C(=O)O. The van der Waals surface area contributed by atoms with Gasteiger partial charge in [-0.15, -0.1) is 0 Å². The molecule has 1 unspecified atom stereocenters. The Kier molecular flexibility index (Phi) is 5.45. The highest BCUT2D eigenvalue weighted by atomic mass is 16.4. The van der Waals surface area contributed by atoms with Crippen LogP contribution < -0.4 is 5.32 Å². The zero-order valence-corrected chi connectivity index (χ0v) is 10.7. The van der Waals surface area contributed by atoms with Crippen molar-refractivity contribution in [1.29, 1.82) is 0 Å². The highest BCUT2D eigenvalue weighted by Crippen LogP contribution is 2.23. The maximum Gasteiger partial charge on any atom is 0.326 e. The molecule has 0 aromatic heterocycles. The number of rotatable bonds is 4. The monoisotopic (exact) mass is 241 g/mol. The number of amides is 1. The van der Waals surface area contributed by atoms with Gasteiger partial charge in [-0.1, -0.05) is 39.5 Å². The van der Waals surface area contributed by atoms with Gasteiger partial charge in [0.1, 0.15) is 6.04 Å². The lowest BCUT2D eigenvalue weighted by Crippen LogP contribution is -2.46. The van der Waals surface area contributed by atoms with Crippen LogP contribution in [0.4, 0.5) is 0 Å². The minimum atomic E-state index is -0.943. The molecule has 0 spiro atoms.